The molecule has 1 unspecified atom stereocenters. The molecule has 0 aromatic heterocycles. The summed E-state index contributed by atoms with van der Waals surface area (Å²) in [5.41, 5.74) is -3.07. The third-order valence-corrected chi connectivity index (χ3v) is 4.66. The molecule has 0 aliphatic carbocycles. The summed E-state index contributed by atoms with van der Waals surface area (Å²) >= 11 is 0. The van der Waals surface area contributed by atoms with Crippen LogP contribution in [-0.4, -0.2) is 36.5 Å². The van der Waals surface area contributed by atoms with E-state index in [4.69, 9.17) is 0 Å². The van der Waals surface area contributed by atoms with Gasteiger partial charge in [0.25, 0.3) is 0 Å². The van der Waals surface area contributed by atoms with E-state index in [9.17, 15) is 43.9 Å². The van der Waals surface area contributed by atoms with Gasteiger partial charge in [0.05, 0.1) is 6.67 Å². The molecule has 0 spiro atoms. The summed E-state index contributed by atoms with van der Waals surface area (Å²) in [7, 11) is -2.38. The molecule has 0 amide bonds. The monoisotopic (exact) mass is 452 g/mol. The fourth-order valence-corrected chi connectivity index (χ4v) is 2.74. The first kappa shape index (κ1) is 25.2. The summed E-state index contributed by atoms with van der Waals surface area (Å²) in [5, 5.41) is 0. The third-order valence-electron chi connectivity index (χ3n) is 3.47. The molecular formula is C18H15F10P. The molecule has 2 aromatic carbocycles. The molecule has 29 heavy (non-hydrogen) atoms. The Morgan fingerprint density at radius 2 is 0.966 bits per heavy atom. The Balaban J connectivity index is 0.000000304. The van der Waals surface area contributed by atoms with Gasteiger partial charge in [0.1, 0.15) is 0 Å². The lowest BCUT2D eigenvalue weighted by molar-refractivity contribution is -0.381. The van der Waals surface area contributed by atoms with Gasteiger partial charge in [-0.25, -0.2) is 0 Å². The van der Waals surface area contributed by atoms with Gasteiger partial charge >= 0.3 is 23.7 Å². The van der Waals surface area contributed by atoms with Crippen LogP contribution in [0, 0.1) is 0 Å². The second-order valence-corrected chi connectivity index (χ2v) is 7.05. The first-order valence-corrected chi connectivity index (χ1v) is 9.10. The lowest BCUT2D eigenvalue weighted by atomic mass is 10.1. The predicted molar refractivity (Wildman–Crippen MR) is 91.9 cm³/mol. The van der Waals surface area contributed by atoms with Crippen LogP contribution in [0.15, 0.2) is 60.7 Å². The largest absolute Gasteiger partial charge is 0.460 e. The summed E-state index contributed by atoms with van der Waals surface area (Å²) in [5.74, 6) is -13.5. The summed E-state index contributed by atoms with van der Waals surface area (Å²) in [6.07, 6.45) is -8.04. The predicted octanol–water partition coefficient (Wildman–Crippen LogP) is 7.41. The van der Waals surface area contributed by atoms with Crippen LogP contribution in [0.25, 0.3) is 11.1 Å². The summed E-state index contributed by atoms with van der Waals surface area (Å²) in [6.45, 7) is -1.53. The maximum absolute atomic E-state index is 12.5. The lowest BCUT2D eigenvalue weighted by Gasteiger charge is -2.33. The van der Waals surface area contributed by atoms with E-state index in [0.29, 0.717) is 0 Å². The highest BCUT2D eigenvalue weighted by atomic mass is 31.1. The molecule has 0 nitrogen and oxygen atoms in total. The average molecular weight is 452 g/mol. The van der Waals surface area contributed by atoms with Crippen LogP contribution in [0.5, 0.6) is 0 Å². The molecule has 0 bridgehead atoms. The van der Waals surface area contributed by atoms with Gasteiger partial charge in [-0.1, -0.05) is 60.7 Å². The Kier molecular flexibility index (Phi) is 8.50. The van der Waals surface area contributed by atoms with E-state index in [0.717, 1.165) is 0 Å². The van der Waals surface area contributed by atoms with Gasteiger partial charge in [-0.3, -0.25) is 4.39 Å². The molecule has 0 heterocycles. The van der Waals surface area contributed by atoms with Crippen LogP contribution in [0.2, 0.25) is 0 Å². The van der Waals surface area contributed by atoms with E-state index < -0.39 is 45.1 Å². The standard InChI is InChI=1S/C12H10.C6H5F10P/c1-3-7-11(8-4-1)12-9-5-2-6-10-12;7-1-2-17-6(15,16)4(10,11)3(8,9)5(12,13)14/h1-10H;17H,1-2H2. The van der Waals surface area contributed by atoms with Gasteiger partial charge in [-0.2, -0.15) is 39.5 Å². The zero-order chi connectivity index (χ0) is 22.3. The Hall–Kier alpha value is -1.83. The molecule has 0 N–H and O–H groups in total. The topological polar surface area (TPSA) is 0 Å². The number of halogens is 10. The quantitative estimate of drug-likeness (QED) is 0.316. The van der Waals surface area contributed by atoms with Crippen molar-refractivity contribution < 1.29 is 43.9 Å². The molecule has 2 aromatic rings. The van der Waals surface area contributed by atoms with Gasteiger partial charge in [0.15, 0.2) is 0 Å². The van der Waals surface area contributed by atoms with Crippen LogP contribution in [0.1, 0.15) is 0 Å². The minimum Gasteiger partial charge on any atom is -0.251 e. The second-order valence-electron chi connectivity index (χ2n) is 5.57. The van der Waals surface area contributed by atoms with Crippen molar-refractivity contribution >= 4 is 8.58 Å². The molecule has 0 fully saturated rings. The van der Waals surface area contributed by atoms with Crippen LogP contribution in [-0.2, 0) is 0 Å². The van der Waals surface area contributed by atoms with E-state index in [-0.39, 0.29) is 0 Å². The second kappa shape index (κ2) is 9.78. The van der Waals surface area contributed by atoms with E-state index in [1.807, 2.05) is 12.1 Å². The van der Waals surface area contributed by atoms with E-state index >= 15 is 0 Å². The van der Waals surface area contributed by atoms with Gasteiger partial charge in [0, 0.05) is 0 Å². The normalized spacial score (nSPS) is 13.3. The molecule has 1 atom stereocenters. The van der Waals surface area contributed by atoms with Crippen molar-refractivity contribution in [3.8, 4) is 11.1 Å². The average Bonchev–Trinajstić information content (AvgIpc) is 2.67. The van der Waals surface area contributed by atoms with Gasteiger partial charge in [0.2, 0.25) is 0 Å². The summed E-state index contributed by atoms with van der Waals surface area (Å²) in [6, 6.07) is 20.8. The first-order valence-electron chi connectivity index (χ1n) is 7.89. The molecule has 0 aliphatic heterocycles. The van der Waals surface area contributed by atoms with Crippen molar-refractivity contribution in [2.75, 3.05) is 12.8 Å². The van der Waals surface area contributed by atoms with Gasteiger partial charge < -0.3 is 0 Å². The minimum atomic E-state index is -6.88. The van der Waals surface area contributed by atoms with E-state index in [1.165, 1.54) is 11.1 Å². The minimum absolute atomic E-state index is 1.23. The van der Waals surface area contributed by atoms with Gasteiger partial charge in [-0.05, 0) is 25.9 Å². The number of hydrogen-bond donors (Lipinski definition) is 0. The zero-order valence-electron chi connectivity index (χ0n) is 14.5. The molecule has 0 aliphatic rings. The van der Waals surface area contributed by atoms with Crippen molar-refractivity contribution in [2.24, 2.45) is 0 Å². The van der Waals surface area contributed by atoms with Crippen molar-refractivity contribution in [3.05, 3.63) is 60.7 Å². The lowest BCUT2D eigenvalue weighted by Crippen LogP contribution is -2.59. The van der Waals surface area contributed by atoms with Crippen molar-refractivity contribution in [3.63, 3.8) is 0 Å². The van der Waals surface area contributed by atoms with Crippen LogP contribution >= 0.6 is 8.58 Å². The highest BCUT2D eigenvalue weighted by molar-refractivity contribution is 7.39. The molecular weight excluding hydrogens is 437 g/mol. The van der Waals surface area contributed by atoms with Crippen molar-refractivity contribution in [1.82, 2.24) is 0 Å². The number of rotatable bonds is 6. The molecule has 11 heteroatoms. The third kappa shape index (κ3) is 6.07. The SMILES string of the molecule is FCCPC(F)(F)C(F)(F)C(F)(F)C(F)(F)F.c1ccc(-c2ccccc2)cc1. The Labute approximate surface area is 161 Å². The molecule has 162 valence electrons. The fraction of sp³-hybridized carbons (Fsp3) is 0.333. The Morgan fingerprint density at radius 1 is 0.586 bits per heavy atom. The maximum atomic E-state index is 12.5. The number of benzene rings is 2. The van der Waals surface area contributed by atoms with Crippen molar-refractivity contribution in [1.29, 1.82) is 0 Å². The highest BCUT2D eigenvalue weighted by Gasteiger charge is 2.81. The summed E-state index contributed by atoms with van der Waals surface area (Å²) in [4.78, 5) is 0. The van der Waals surface area contributed by atoms with E-state index in [1.54, 1.807) is 0 Å². The number of alkyl halides is 10. The molecule has 0 saturated heterocycles. The smallest absolute Gasteiger partial charge is 0.251 e. The fourth-order valence-electron chi connectivity index (χ4n) is 1.95. The van der Waals surface area contributed by atoms with Gasteiger partial charge in [-0.15, -0.1) is 0 Å². The Bertz CT molecular complexity index is 692. The molecule has 2 rings (SSSR count). The number of hydrogen-bond acceptors (Lipinski definition) is 0. The van der Waals surface area contributed by atoms with Crippen LogP contribution in [0.4, 0.5) is 43.9 Å². The Morgan fingerprint density at radius 3 is 1.28 bits per heavy atom. The zero-order valence-corrected chi connectivity index (χ0v) is 15.5. The molecule has 0 radical (unpaired) electrons. The van der Waals surface area contributed by atoms with Crippen LogP contribution in [0.3, 0.4) is 0 Å². The first-order chi connectivity index (χ1) is 13.3. The molecule has 0 saturated carbocycles. The summed E-state index contributed by atoms with van der Waals surface area (Å²) < 4.78 is 120. The van der Waals surface area contributed by atoms with Crippen LogP contribution < -0.4 is 0 Å². The maximum Gasteiger partial charge on any atom is 0.460 e. The van der Waals surface area contributed by atoms with Crippen molar-refractivity contribution in [2.45, 2.75) is 23.7 Å². The highest BCUT2D eigenvalue weighted by Crippen LogP contribution is 2.58. The van der Waals surface area contributed by atoms with E-state index in [2.05, 4.69) is 48.5 Å².